The molecule has 0 saturated heterocycles. The molecule has 2 aromatic carbocycles. The lowest BCUT2D eigenvalue weighted by Crippen LogP contribution is -2.22. The van der Waals surface area contributed by atoms with Gasteiger partial charge in [0.1, 0.15) is 23.9 Å². The van der Waals surface area contributed by atoms with Crippen molar-refractivity contribution >= 4 is 21.7 Å². The molecule has 6 nitrogen and oxygen atoms in total. The van der Waals surface area contributed by atoms with Crippen molar-refractivity contribution in [3.8, 4) is 5.75 Å². The van der Waals surface area contributed by atoms with E-state index in [9.17, 15) is 17.6 Å². The number of esters is 1. The third-order valence-corrected chi connectivity index (χ3v) is 4.27. The zero-order valence-corrected chi connectivity index (χ0v) is 13.7. The van der Waals surface area contributed by atoms with Crippen molar-refractivity contribution < 1.29 is 27.1 Å². The van der Waals surface area contributed by atoms with Crippen LogP contribution in [0.3, 0.4) is 0 Å². The largest absolute Gasteiger partial charge is 0.492 e. The first-order valence-electron chi connectivity index (χ1n) is 6.97. The molecular formula is C16H16FNO5S. The fourth-order valence-corrected chi connectivity index (χ4v) is 2.80. The third kappa shape index (κ3) is 4.95. The molecule has 1 N–H and O–H groups in total. The van der Waals surface area contributed by atoms with Crippen LogP contribution in [-0.2, 0) is 14.8 Å². The number of halogens is 1. The summed E-state index contributed by atoms with van der Waals surface area (Å²) in [4.78, 5) is 11.6. The Balaban J connectivity index is 1.99. The monoisotopic (exact) mass is 353 g/mol. The fourth-order valence-electron chi connectivity index (χ4n) is 1.88. The number of hydrogen-bond acceptors (Lipinski definition) is 5. The summed E-state index contributed by atoms with van der Waals surface area (Å²) in [6.45, 7) is -0.124. The van der Waals surface area contributed by atoms with E-state index in [1.165, 1.54) is 43.5 Å². The van der Waals surface area contributed by atoms with Gasteiger partial charge in [0.15, 0.2) is 0 Å². The Bertz CT molecular complexity index is 805. The number of benzene rings is 2. The minimum absolute atomic E-state index is 0.114. The Morgan fingerprint density at radius 3 is 2.46 bits per heavy atom. The standard InChI is InChI=1S/C16H16FNO5S/c1-22-16(19)14-4-2-3-5-15(14)18-24(20,21)11-10-23-13-8-6-12(17)7-9-13/h2-9,18H,10-11H2,1H3. The number of anilines is 1. The number of para-hydroxylation sites is 1. The smallest absolute Gasteiger partial charge is 0.339 e. The van der Waals surface area contributed by atoms with Crippen LogP contribution in [0.4, 0.5) is 10.1 Å². The van der Waals surface area contributed by atoms with Crippen molar-refractivity contribution in [3.63, 3.8) is 0 Å². The quantitative estimate of drug-likeness (QED) is 0.773. The Morgan fingerprint density at radius 1 is 1.12 bits per heavy atom. The van der Waals surface area contributed by atoms with Gasteiger partial charge in [-0.3, -0.25) is 4.72 Å². The van der Waals surface area contributed by atoms with E-state index >= 15 is 0 Å². The number of hydrogen-bond donors (Lipinski definition) is 1. The number of methoxy groups -OCH3 is 1. The van der Waals surface area contributed by atoms with Crippen LogP contribution in [0, 0.1) is 5.82 Å². The summed E-state index contributed by atoms with van der Waals surface area (Å²) in [5.74, 6) is -1.02. The second-order valence-electron chi connectivity index (χ2n) is 4.76. The van der Waals surface area contributed by atoms with E-state index in [4.69, 9.17) is 4.74 Å². The van der Waals surface area contributed by atoms with Gasteiger partial charge in [-0.25, -0.2) is 17.6 Å². The van der Waals surface area contributed by atoms with E-state index in [2.05, 4.69) is 9.46 Å². The molecule has 0 amide bonds. The van der Waals surface area contributed by atoms with Crippen LogP contribution >= 0.6 is 0 Å². The van der Waals surface area contributed by atoms with Crippen LogP contribution in [-0.4, -0.2) is 33.9 Å². The Morgan fingerprint density at radius 2 is 1.79 bits per heavy atom. The van der Waals surface area contributed by atoms with Crippen molar-refractivity contribution in [3.05, 3.63) is 59.9 Å². The van der Waals surface area contributed by atoms with Gasteiger partial charge in [0.2, 0.25) is 10.0 Å². The summed E-state index contributed by atoms with van der Waals surface area (Å²) >= 11 is 0. The maximum Gasteiger partial charge on any atom is 0.339 e. The second kappa shape index (κ2) is 7.78. The molecule has 0 saturated carbocycles. The highest BCUT2D eigenvalue weighted by atomic mass is 32.2. The maximum absolute atomic E-state index is 12.8. The SMILES string of the molecule is COC(=O)c1ccccc1NS(=O)(=O)CCOc1ccc(F)cc1. The van der Waals surface area contributed by atoms with Gasteiger partial charge in [-0.15, -0.1) is 0 Å². The molecule has 0 atom stereocenters. The molecule has 2 aromatic rings. The van der Waals surface area contributed by atoms with Crippen LogP contribution < -0.4 is 9.46 Å². The van der Waals surface area contributed by atoms with E-state index in [0.717, 1.165) is 0 Å². The normalized spacial score (nSPS) is 10.9. The van der Waals surface area contributed by atoms with Crippen molar-refractivity contribution in [1.82, 2.24) is 0 Å². The molecule has 0 bridgehead atoms. The van der Waals surface area contributed by atoms with E-state index < -0.39 is 21.8 Å². The maximum atomic E-state index is 12.8. The number of carbonyl (C=O) groups is 1. The van der Waals surface area contributed by atoms with Crippen LogP contribution in [0.1, 0.15) is 10.4 Å². The molecule has 0 aliphatic heterocycles. The van der Waals surface area contributed by atoms with Crippen LogP contribution in [0.2, 0.25) is 0 Å². The highest BCUT2D eigenvalue weighted by Gasteiger charge is 2.17. The molecule has 0 unspecified atom stereocenters. The first-order valence-corrected chi connectivity index (χ1v) is 8.63. The molecule has 8 heteroatoms. The van der Waals surface area contributed by atoms with Gasteiger partial charge in [0.25, 0.3) is 0 Å². The van der Waals surface area contributed by atoms with Gasteiger partial charge in [0.05, 0.1) is 18.4 Å². The molecular weight excluding hydrogens is 337 g/mol. The van der Waals surface area contributed by atoms with Gasteiger partial charge in [-0.2, -0.15) is 0 Å². The van der Waals surface area contributed by atoms with Crippen molar-refractivity contribution in [2.45, 2.75) is 0 Å². The van der Waals surface area contributed by atoms with Crippen LogP contribution in [0.15, 0.2) is 48.5 Å². The molecule has 0 aliphatic rings. The molecule has 0 aromatic heterocycles. The Kier molecular flexibility index (Phi) is 5.75. The van der Waals surface area contributed by atoms with E-state index in [1.54, 1.807) is 12.1 Å². The topological polar surface area (TPSA) is 81.7 Å². The van der Waals surface area contributed by atoms with Crippen LogP contribution in [0.25, 0.3) is 0 Å². The minimum atomic E-state index is -3.73. The first-order chi connectivity index (χ1) is 11.4. The average molecular weight is 353 g/mol. The first kappa shape index (κ1) is 17.7. The molecule has 0 fully saturated rings. The lowest BCUT2D eigenvalue weighted by molar-refractivity contribution is 0.0602. The van der Waals surface area contributed by atoms with Crippen molar-refractivity contribution in [2.75, 3.05) is 24.2 Å². The van der Waals surface area contributed by atoms with Gasteiger partial charge >= 0.3 is 5.97 Å². The summed E-state index contributed by atoms with van der Waals surface area (Å²) < 4.78 is 49.2. The van der Waals surface area contributed by atoms with E-state index in [-0.39, 0.29) is 23.6 Å². The lowest BCUT2D eigenvalue weighted by Gasteiger charge is -2.12. The predicted octanol–water partition coefficient (Wildman–Crippen LogP) is 2.43. The fraction of sp³-hybridized carbons (Fsp3) is 0.188. The van der Waals surface area contributed by atoms with Crippen molar-refractivity contribution in [1.29, 1.82) is 0 Å². The summed E-state index contributed by atoms with van der Waals surface area (Å²) in [5.41, 5.74) is 0.245. The highest BCUT2D eigenvalue weighted by Crippen LogP contribution is 2.18. The van der Waals surface area contributed by atoms with E-state index in [0.29, 0.717) is 5.75 Å². The summed E-state index contributed by atoms with van der Waals surface area (Å²) in [6.07, 6.45) is 0. The number of nitrogens with one attached hydrogen (secondary N) is 1. The Hall–Kier alpha value is -2.61. The average Bonchev–Trinajstić information content (AvgIpc) is 2.56. The van der Waals surface area contributed by atoms with Crippen molar-refractivity contribution in [2.24, 2.45) is 0 Å². The summed E-state index contributed by atoms with van der Waals surface area (Å²) in [7, 11) is -2.52. The number of ether oxygens (including phenoxy) is 2. The van der Waals surface area contributed by atoms with E-state index in [1.807, 2.05) is 0 Å². The number of rotatable bonds is 7. The predicted molar refractivity (Wildman–Crippen MR) is 87.1 cm³/mol. The molecule has 0 aliphatic carbocycles. The zero-order valence-electron chi connectivity index (χ0n) is 12.9. The number of carbonyl (C=O) groups excluding carboxylic acids is 1. The highest BCUT2D eigenvalue weighted by molar-refractivity contribution is 7.92. The van der Waals surface area contributed by atoms with Gasteiger partial charge in [-0.1, -0.05) is 12.1 Å². The molecule has 128 valence electrons. The molecule has 0 radical (unpaired) electrons. The molecule has 0 heterocycles. The molecule has 2 rings (SSSR count). The van der Waals surface area contributed by atoms with Gasteiger partial charge < -0.3 is 9.47 Å². The minimum Gasteiger partial charge on any atom is -0.492 e. The lowest BCUT2D eigenvalue weighted by atomic mass is 10.2. The summed E-state index contributed by atoms with van der Waals surface area (Å²) in [6, 6.07) is 11.4. The van der Waals surface area contributed by atoms with Gasteiger partial charge in [0, 0.05) is 0 Å². The Labute approximate surface area is 139 Å². The second-order valence-corrected chi connectivity index (χ2v) is 6.60. The zero-order chi connectivity index (χ0) is 17.6. The number of sulfonamides is 1. The molecule has 24 heavy (non-hydrogen) atoms. The van der Waals surface area contributed by atoms with Gasteiger partial charge in [-0.05, 0) is 36.4 Å². The molecule has 0 spiro atoms. The summed E-state index contributed by atoms with van der Waals surface area (Å²) in [5, 5.41) is 0. The van der Waals surface area contributed by atoms with Crippen LogP contribution in [0.5, 0.6) is 5.75 Å². The third-order valence-electron chi connectivity index (χ3n) is 3.03.